The molecule has 0 fully saturated rings. The number of hydrogen-bond donors (Lipinski definition) is 2. The van der Waals surface area contributed by atoms with E-state index in [1.54, 1.807) is 38.1 Å². The fourth-order valence-electron chi connectivity index (χ4n) is 1.05. The van der Waals surface area contributed by atoms with Gasteiger partial charge < -0.3 is 4.74 Å². The molecule has 0 heterocycles. The van der Waals surface area contributed by atoms with E-state index in [9.17, 15) is 4.79 Å². The van der Waals surface area contributed by atoms with E-state index < -0.39 is 11.5 Å². The van der Waals surface area contributed by atoms with E-state index in [-0.39, 0.29) is 0 Å². The van der Waals surface area contributed by atoms with Gasteiger partial charge in [-0.1, -0.05) is 17.7 Å². The Labute approximate surface area is 93.3 Å². The number of amides is 1. The van der Waals surface area contributed by atoms with Crippen LogP contribution in [0.1, 0.15) is 13.8 Å². The lowest BCUT2D eigenvalue weighted by Crippen LogP contribution is -2.49. The van der Waals surface area contributed by atoms with Gasteiger partial charge in [0, 0.05) is 5.02 Å². The smallest absolute Gasteiger partial charge is 0.277 e. The highest BCUT2D eigenvalue weighted by Crippen LogP contribution is 2.21. The van der Waals surface area contributed by atoms with Gasteiger partial charge in [-0.05, 0) is 32.0 Å². The number of ether oxygens (including phenoxy) is 1. The van der Waals surface area contributed by atoms with Gasteiger partial charge in [0.25, 0.3) is 5.91 Å². The van der Waals surface area contributed by atoms with Gasteiger partial charge in [-0.2, -0.15) is 0 Å². The molecule has 1 aromatic carbocycles. The van der Waals surface area contributed by atoms with Crippen LogP contribution in [0.4, 0.5) is 0 Å². The SMILES string of the molecule is CC(C)(Oc1cccc(Cl)c1)C(=O)NN. The van der Waals surface area contributed by atoms with Crippen LogP contribution in [-0.2, 0) is 4.79 Å². The lowest BCUT2D eigenvalue weighted by molar-refractivity contribution is -0.134. The number of hydrazine groups is 1. The maximum absolute atomic E-state index is 11.3. The van der Waals surface area contributed by atoms with E-state index in [0.29, 0.717) is 10.8 Å². The van der Waals surface area contributed by atoms with Gasteiger partial charge in [-0.3, -0.25) is 10.2 Å². The Morgan fingerprint density at radius 1 is 1.53 bits per heavy atom. The Kier molecular flexibility index (Phi) is 3.55. The van der Waals surface area contributed by atoms with Crippen molar-refractivity contribution in [1.82, 2.24) is 5.43 Å². The van der Waals surface area contributed by atoms with Crippen LogP contribution in [0.2, 0.25) is 5.02 Å². The van der Waals surface area contributed by atoms with Crippen LogP contribution in [-0.4, -0.2) is 11.5 Å². The predicted molar refractivity (Wildman–Crippen MR) is 58.5 cm³/mol. The molecule has 1 aromatic rings. The first-order valence-electron chi connectivity index (χ1n) is 4.41. The quantitative estimate of drug-likeness (QED) is 0.468. The summed E-state index contributed by atoms with van der Waals surface area (Å²) in [7, 11) is 0. The predicted octanol–water partition coefficient (Wildman–Crippen LogP) is 1.49. The van der Waals surface area contributed by atoms with Crippen LogP contribution in [0.15, 0.2) is 24.3 Å². The van der Waals surface area contributed by atoms with E-state index in [1.165, 1.54) is 0 Å². The number of carbonyl (C=O) groups is 1. The van der Waals surface area contributed by atoms with Gasteiger partial charge in [-0.25, -0.2) is 5.84 Å². The molecule has 0 saturated heterocycles. The summed E-state index contributed by atoms with van der Waals surface area (Å²) < 4.78 is 5.46. The molecule has 0 unspecified atom stereocenters. The van der Waals surface area contributed by atoms with Crippen molar-refractivity contribution in [3.8, 4) is 5.75 Å². The zero-order chi connectivity index (χ0) is 11.5. The molecule has 0 aliphatic rings. The molecule has 5 heteroatoms. The van der Waals surface area contributed by atoms with Gasteiger partial charge in [0.05, 0.1) is 0 Å². The average molecular weight is 229 g/mol. The minimum absolute atomic E-state index is 0.400. The molecule has 1 amide bonds. The second-order valence-electron chi connectivity index (χ2n) is 3.54. The normalized spacial score (nSPS) is 10.9. The van der Waals surface area contributed by atoms with Crippen LogP contribution in [0, 0.1) is 0 Å². The first-order valence-corrected chi connectivity index (χ1v) is 4.79. The zero-order valence-corrected chi connectivity index (χ0v) is 9.34. The summed E-state index contributed by atoms with van der Waals surface area (Å²) in [6.45, 7) is 3.24. The molecule has 0 bridgehead atoms. The Hall–Kier alpha value is -1.26. The van der Waals surface area contributed by atoms with Crippen molar-refractivity contribution in [2.75, 3.05) is 0 Å². The van der Waals surface area contributed by atoms with Crippen LogP contribution in [0.25, 0.3) is 0 Å². The van der Waals surface area contributed by atoms with Gasteiger partial charge in [0.15, 0.2) is 5.60 Å². The summed E-state index contributed by atoms with van der Waals surface area (Å²) in [5.74, 6) is 5.16. The van der Waals surface area contributed by atoms with Crippen molar-refractivity contribution in [2.45, 2.75) is 19.4 Å². The van der Waals surface area contributed by atoms with E-state index in [4.69, 9.17) is 22.2 Å². The Balaban J connectivity index is 2.81. The molecule has 0 aromatic heterocycles. The first kappa shape index (κ1) is 11.8. The lowest BCUT2D eigenvalue weighted by atomic mass is 10.1. The van der Waals surface area contributed by atoms with Crippen molar-refractivity contribution >= 4 is 17.5 Å². The molecule has 1 rings (SSSR count). The second kappa shape index (κ2) is 4.51. The Morgan fingerprint density at radius 3 is 2.73 bits per heavy atom. The number of halogens is 1. The number of nitrogens with one attached hydrogen (secondary N) is 1. The Morgan fingerprint density at radius 2 is 2.20 bits per heavy atom. The number of benzene rings is 1. The molecule has 0 atom stereocenters. The van der Waals surface area contributed by atoms with Crippen molar-refractivity contribution in [3.63, 3.8) is 0 Å². The van der Waals surface area contributed by atoms with Crippen LogP contribution < -0.4 is 16.0 Å². The molecule has 82 valence electrons. The number of carbonyl (C=O) groups excluding carboxylic acids is 1. The van der Waals surface area contributed by atoms with E-state index in [0.717, 1.165) is 0 Å². The van der Waals surface area contributed by atoms with E-state index >= 15 is 0 Å². The summed E-state index contributed by atoms with van der Waals surface area (Å²) in [6, 6.07) is 6.82. The lowest BCUT2D eigenvalue weighted by Gasteiger charge is -2.24. The largest absolute Gasteiger partial charge is 0.478 e. The Bertz CT molecular complexity index is 366. The molecule has 0 saturated carbocycles. The molecule has 4 nitrogen and oxygen atoms in total. The molecular weight excluding hydrogens is 216 g/mol. The molecule has 15 heavy (non-hydrogen) atoms. The molecule has 0 aliphatic carbocycles. The van der Waals surface area contributed by atoms with Gasteiger partial charge in [0.1, 0.15) is 5.75 Å². The highest BCUT2D eigenvalue weighted by atomic mass is 35.5. The number of hydrogen-bond acceptors (Lipinski definition) is 3. The fourth-order valence-corrected chi connectivity index (χ4v) is 1.23. The maximum Gasteiger partial charge on any atom is 0.277 e. The van der Waals surface area contributed by atoms with Crippen molar-refractivity contribution in [2.24, 2.45) is 5.84 Å². The van der Waals surface area contributed by atoms with Crippen molar-refractivity contribution in [1.29, 1.82) is 0 Å². The van der Waals surface area contributed by atoms with Crippen LogP contribution >= 0.6 is 11.6 Å². The molecule has 0 spiro atoms. The summed E-state index contributed by atoms with van der Waals surface area (Å²) in [4.78, 5) is 11.3. The van der Waals surface area contributed by atoms with Gasteiger partial charge >= 0.3 is 0 Å². The minimum Gasteiger partial charge on any atom is -0.478 e. The first-order chi connectivity index (χ1) is 6.95. The minimum atomic E-state index is -1.03. The molecular formula is C10H13ClN2O2. The third-order valence-electron chi connectivity index (χ3n) is 1.85. The third kappa shape index (κ3) is 3.11. The van der Waals surface area contributed by atoms with Crippen LogP contribution in [0.3, 0.4) is 0 Å². The van der Waals surface area contributed by atoms with Crippen molar-refractivity contribution in [3.05, 3.63) is 29.3 Å². The molecule has 0 radical (unpaired) electrons. The number of rotatable bonds is 3. The van der Waals surface area contributed by atoms with Crippen LogP contribution in [0.5, 0.6) is 5.75 Å². The summed E-state index contributed by atoms with van der Waals surface area (Å²) in [5, 5.41) is 0.552. The van der Waals surface area contributed by atoms with E-state index in [2.05, 4.69) is 0 Å². The highest BCUT2D eigenvalue weighted by Gasteiger charge is 2.29. The standard InChI is InChI=1S/C10H13ClN2O2/c1-10(2,9(14)13-12)15-8-5-3-4-7(11)6-8/h3-6H,12H2,1-2H3,(H,13,14). The third-order valence-corrected chi connectivity index (χ3v) is 2.08. The number of nitrogens with two attached hydrogens (primary N) is 1. The highest BCUT2D eigenvalue weighted by molar-refractivity contribution is 6.30. The van der Waals surface area contributed by atoms with E-state index in [1.807, 2.05) is 5.43 Å². The monoisotopic (exact) mass is 228 g/mol. The van der Waals surface area contributed by atoms with Gasteiger partial charge in [0.2, 0.25) is 0 Å². The van der Waals surface area contributed by atoms with Crippen molar-refractivity contribution < 1.29 is 9.53 Å². The average Bonchev–Trinajstić information content (AvgIpc) is 2.15. The summed E-state index contributed by atoms with van der Waals surface area (Å²) in [5.41, 5.74) is 1.01. The molecule has 3 N–H and O–H groups in total. The van der Waals surface area contributed by atoms with Gasteiger partial charge in [-0.15, -0.1) is 0 Å². The second-order valence-corrected chi connectivity index (χ2v) is 3.98. The fraction of sp³-hybridized carbons (Fsp3) is 0.300. The summed E-state index contributed by atoms with van der Waals surface area (Å²) >= 11 is 5.78. The maximum atomic E-state index is 11.3. The summed E-state index contributed by atoms with van der Waals surface area (Å²) in [6.07, 6.45) is 0. The topological polar surface area (TPSA) is 64.3 Å². The molecule has 0 aliphatic heterocycles. The zero-order valence-electron chi connectivity index (χ0n) is 8.58.